The van der Waals surface area contributed by atoms with E-state index >= 15 is 0 Å². The molecule has 0 aliphatic heterocycles. The van der Waals surface area contributed by atoms with Gasteiger partial charge in [0.15, 0.2) is 0 Å². The van der Waals surface area contributed by atoms with E-state index < -0.39 is 5.97 Å². The second kappa shape index (κ2) is 7.61. The summed E-state index contributed by atoms with van der Waals surface area (Å²) in [5.74, 6) is 0.0715. The normalized spacial score (nSPS) is 11.0. The van der Waals surface area contributed by atoms with Crippen LogP contribution in [0, 0.1) is 0 Å². The van der Waals surface area contributed by atoms with Crippen LogP contribution in [0.25, 0.3) is 38.6 Å². The van der Waals surface area contributed by atoms with Gasteiger partial charge in [0.05, 0.1) is 30.9 Å². The van der Waals surface area contributed by atoms with Gasteiger partial charge in [-0.2, -0.15) is 0 Å². The van der Waals surface area contributed by atoms with Crippen LogP contribution in [0.15, 0.2) is 85.2 Å². The molecular weight excluding hydrogens is 388 g/mol. The van der Waals surface area contributed by atoms with Gasteiger partial charge in [-0.1, -0.05) is 42.5 Å². The molecule has 0 N–H and O–H groups in total. The van der Waals surface area contributed by atoms with Gasteiger partial charge in [-0.05, 0) is 52.9 Å². The molecule has 0 saturated carbocycles. The Balaban J connectivity index is 1.62. The summed E-state index contributed by atoms with van der Waals surface area (Å²) in [7, 11) is 2.91. The monoisotopic (exact) mass is 408 g/mol. The number of carbonyl (C=O) groups excluding carboxylic acids is 1. The fourth-order valence-corrected chi connectivity index (χ4v) is 3.96. The average molecular weight is 408 g/mol. The van der Waals surface area contributed by atoms with Crippen molar-refractivity contribution in [3.63, 3.8) is 0 Å². The number of ether oxygens (including phenoxy) is 2. The Kier molecular flexibility index (Phi) is 4.64. The molecule has 4 aromatic carbocycles. The van der Waals surface area contributed by atoms with Gasteiger partial charge < -0.3 is 9.47 Å². The summed E-state index contributed by atoms with van der Waals surface area (Å²) in [5, 5.41) is 2.25. The van der Waals surface area contributed by atoms with Crippen molar-refractivity contribution in [1.82, 2.24) is 9.55 Å². The topological polar surface area (TPSA) is 53.4 Å². The zero-order chi connectivity index (χ0) is 21.4. The summed E-state index contributed by atoms with van der Waals surface area (Å²) in [6.07, 6.45) is 1.86. The Bertz CT molecular complexity index is 1440. The molecule has 0 aliphatic rings. The molecular formula is C26H20N2O3. The van der Waals surface area contributed by atoms with E-state index in [0.29, 0.717) is 11.3 Å². The molecule has 0 fully saturated rings. The summed E-state index contributed by atoms with van der Waals surface area (Å²) in [4.78, 5) is 16.5. The first-order chi connectivity index (χ1) is 15.2. The summed E-state index contributed by atoms with van der Waals surface area (Å²) >= 11 is 0. The minimum absolute atomic E-state index is 0.406. The van der Waals surface area contributed by atoms with E-state index in [-0.39, 0.29) is 0 Å². The Morgan fingerprint density at radius 2 is 1.68 bits per heavy atom. The quantitative estimate of drug-likeness (QED) is 0.361. The number of hydrogen-bond acceptors (Lipinski definition) is 4. The van der Waals surface area contributed by atoms with Crippen molar-refractivity contribution in [2.24, 2.45) is 0 Å². The van der Waals surface area contributed by atoms with Crippen molar-refractivity contribution in [2.75, 3.05) is 14.2 Å². The Morgan fingerprint density at radius 1 is 0.871 bits per heavy atom. The summed E-state index contributed by atoms with van der Waals surface area (Å²) in [6, 6.07) is 26.2. The molecule has 5 aromatic rings. The first kappa shape index (κ1) is 18.9. The van der Waals surface area contributed by atoms with Gasteiger partial charge in [0.25, 0.3) is 0 Å². The van der Waals surface area contributed by atoms with E-state index in [0.717, 1.165) is 38.6 Å². The number of nitrogens with zero attached hydrogens (tertiary/aromatic N) is 2. The van der Waals surface area contributed by atoms with Gasteiger partial charge in [-0.15, -0.1) is 0 Å². The van der Waals surface area contributed by atoms with Crippen molar-refractivity contribution in [3.8, 4) is 22.6 Å². The van der Waals surface area contributed by atoms with E-state index in [4.69, 9.17) is 9.47 Å². The number of imidazole rings is 1. The summed E-state index contributed by atoms with van der Waals surface area (Å²) in [6.45, 7) is 0. The lowest BCUT2D eigenvalue weighted by Crippen LogP contribution is -2.04. The number of esters is 1. The molecule has 0 aliphatic carbocycles. The van der Waals surface area contributed by atoms with Crippen LogP contribution in [0.1, 0.15) is 10.4 Å². The minimum atomic E-state index is -0.417. The van der Waals surface area contributed by atoms with Crippen LogP contribution in [0.5, 0.6) is 5.75 Å². The Hall–Kier alpha value is -4.12. The zero-order valence-electron chi connectivity index (χ0n) is 17.2. The standard InChI is InChI=1S/C26H20N2O3/c1-30-25-15-18(11-13-21(25)26(29)31-2)17-10-12-20-19(14-17)6-5-9-23(20)28-16-27-22-7-3-4-8-24(22)28/h3-16H,1-2H3. The highest BCUT2D eigenvalue weighted by atomic mass is 16.5. The maximum Gasteiger partial charge on any atom is 0.341 e. The van der Waals surface area contributed by atoms with Crippen LogP contribution >= 0.6 is 0 Å². The molecule has 5 nitrogen and oxygen atoms in total. The molecule has 0 bridgehead atoms. The van der Waals surface area contributed by atoms with Gasteiger partial charge in [0.2, 0.25) is 0 Å². The molecule has 0 radical (unpaired) electrons. The van der Waals surface area contributed by atoms with Crippen LogP contribution in [0.2, 0.25) is 0 Å². The lowest BCUT2D eigenvalue weighted by Gasteiger charge is -2.12. The number of benzene rings is 4. The fourth-order valence-electron chi connectivity index (χ4n) is 3.96. The maximum atomic E-state index is 11.9. The third kappa shape index (κ3) is 3.20. The van der Waals surface area contributed by atoms with Gasteiger partial charge in [0.1, 0.15) is 17.6 Å². The molecule has 1 heterocycles. The summed E-state index contributed by atoms with van der Waals surface area (Å²) in [5.41, 5.74) is 5.52. The molecule has 31 heavy (non-hydrogen) atoms. The van der Waals surface area contributed by atoms with Gasteiger partial charge >= 0.3 is 5.97 Å². The van der Waals surface area contributed by atoms with Crippen molar-refractivity contribution in [3.05, 3.63) is 90.8 Å². The van der Waals surface area contributed by atoms with Crippen molar-refractivity contribution < 1.29 is 14.3 Å². The molecule has 0 unspecified atom stereocenters. The number of para-hydroxylation sites is 2. The third-order valence-electron chi connectivity index (χ3n) is 5.51. The van der Waals surface area contributed by atoms with Crippen LogP contribution in [0.3, 0.4) is 0 Å². The molecule has 1 aromatic heterocycles. The fraction of sp³-hybridized carbons (Fsp3) is 0.0769. The average Bonchev–Trinajstić information content (AvgIpc) is 3.26. The smallest absolute Gasteiger partial charge is 0.341 e. The third-order valence-corrected chi connectivity index (χ3v) is 5.51. The molecule has 5 heteroatoms. The number of carbonyl (C=O) groups is 1. The van der Waals surface area contributed by atoms with Crippen LogP contribution in [0.4, 0.5) is 0 Å². The molecule has 0 atom stereocenters. The van der Waals surface area contributed by atoms with Crippen molar-refractivity contribution >= 4 is 27.8 Å². The van der Waals surface area contributed by atoms with Crippen molar-refractivity contribution in [2.45, 2.75) is 0 Å². The number of hydrogen-bond donors (Lipinski definition) is 0. The highest BCUT2D eigenvalue weighted by Gasteiger charge is 2.14. The Morgan fingerprint density at radius 3 is 2.52 bits per heavy atom. The van der Waals surface area contributed by atoms with Crippen molar-refractivity contribution in [1.29, 1.82) is 0 Å². The number of methoxy groups -OCH3 is 2. The predicted octanol–water partition coefficient (Wildman–Crippen LogP) is 5.64. The Labute approximate surface area is 179 Å². The van der Waals surface area contributed by atoms with E-state index in [9.17, 15) is 4.79 Å². The number of rotatable bonds is 4. The molecule has 0 spiro atoms. The van der Waals surface area contributed by atoms with E-state index in [1.807, 2.05) is 36.7 Å². The maximum absolute atomic E-state index is 11.9. The highest BCUT2D eigenvalue weighted by molar-refractivity contribution is 5.96. The second-order valence-electron chi connectivity index (χ2n) is 7.22. The number of fused-ring (bicyclic) bond motifs is 2. The van der Waals surface area contributed by atoms with E-state index in [2.05, 4.69) is 52.0 Å². The van der Waals surface area contributed by atoms with Gasteiger partial charge in [-0.25, -0.2) is 9.78 Å². The lowest BCUT2D eigenvalue weighted by atomic mass is 9.99. The highest BCUT2D eigenvalue weighted by Crippen LogP contribution is 2.32. The van der Waals surface area contributed by atoms with Crippen LogP contribution < -0.4 is 4.74 Å². The molecule has 0 amide bonds. The molecule has 5 rings (SSSR count). The summed E-state index contributed by atoms with van der Waals surface area (Å²) < 4.78 is 12.4. The van der Waals surface area contributed by atoms with E-state index in [1.165, 1.54) is 7.11 Å². The minimum Gasteiger partial charge on any atom is -0.496 e. The predicted molar refractivity (Wildman–Crippen MR) is 122 cm³/mol. The molecule has 152 valence electrons. The number of aromatic nitrogens is 2. The van der Waals surface area contributed by atoms with Crippen LogP contribution in [-0.4, -0.2) is 29.7 Å². The van der Waals surface area contributed by atoms with Gasteiger partial charge in [-0.3, -0.25) is 4.57 Å². The first-order valence-electron chi connectivity index (χ1n) is 9.91. The second-order valence-corrected chi connectivity index (χ2v) is 7.22. The van der Waals surface area contributed by atoms with E-state index in [1.54, 1.807) is 13.2 Å². The lowest BCUT2D eigenvalue weighted by molar-refractivity contribution is 0.0597. The molecule has 0 saturated heterocycles. The first-order valence-corrected chi connectivity index (χ1v) is 9.91. The SMILES string of the molecule is COC(=O)c1ccc(-c2ccc3c(-n4cnc5ccccc54)cccc3c2)cc1OC. The zero-order valence-corrected chi connectivity index (χ0v) is 17.2. The largest absolute Gasteiger partial charge is 0.496 e. The van der Waals surface area contributed by atoms with Gasteiger partial charge in [0, 0.05) is 5.39 Å². The van der Waals surface area contributed by atoms with Crippen LogP contribution in [-0.2, 0) is 4.74 Å².